The third-order valence-corrected chi connectivity index (χ3v) is 3.60. The molecule has 0 aliphatic heterocycles. The Morgan fingerprint density at radius 1 is 1.16 bits per heavy atom. The first-order chi connectivity index (χ1) is 9.10. The number of rotatable bonds is 4. The van der Waals surface area contributed by atoms with Crippen LogP contribution in [0.2, 0.25) is 0 Å². The minimum absolute atomic E-state index is 0.520. The molecule has 2 aromatic carbocycles. The lowest BCUT2D eigenvalue weighted by Crippen LogP contribution is -1.99. The molecule has 0 amide bonds. The van der Waals surface area contributed by atoms with Gasteiger partial charge in [0, 0.05) is 5.56 Å². The average molecular weight is 319 g/mol. The molecule has 0 spiro atoms. The number of ether oxygens (including phenoxy) is 1. The smallest absolute Gasteiger partial charge is 0.150 e. The van der Waals surface area contributed by atoms with Crippen LogP contribution in [0, 0.1) is 13.8 Å². The van der Waals surface area contributed by atoms with Gasteiger partial charge in [0.25, 0.3) is 0 Å². The number of aldehydes is 1. The predicted molar refractivity (Wildman–Crippen MR) is 79.8 cm³/mol. The topological polar surface area (TPSA) is 26.3 Å². The molecule has 0 aliphatic carbocycles. The predicted octanol–water partition coefficient (Wildman–Crippen LogP) is 4.46. The number of hydrogen-bond donors (Lipinski definition) is 0. The molecule has 2 aromatic rings. The monoisotopic (exact) mass is 318 g/mol. The van der Waals surface area contributed by atoms with Crippen LogP contribution in [0.3, 0.4) is 0 Å². The number of aryl methyl sites for hydroxylation is 2. The maximum Gasteiger partial charge on any atom is 0.150 e. The Morgan fingerprint density at radius 2 is 1.95 bits per heavy atom. The van der Waals surface area contributed by atoms with Gasteiger partial charge >= 0.3 is 0 Å². The van der Waals surface area contributed by atoms with E-state index in [-0.39, 0.29) is 0 Å². The van der Waals surface area contributed by atoms with Gasteiger partial charge in [-0.15, -0.1) is 0 Å². The Bertz CT molecular complexity index is 606. The SMILES string of the molecule is Cc1ccc(C)c(COc2ccc(C=O)cc2Br)c1. The van der Waals surface area contributed by atoms with E-state index in [1.165, 1.54) is 16.7 Å². The van der Waals surface area contributed by atoms with Crippen molar-refractivity contribution in [1.82, 2.24) is 0 Å². The third kappa shape index (κ3) is 3.44. The molecule has 0 fully saturated rings. The zero-order valence-electron chi connectivity index (χ0n) is 10.9. The molecule has 0 aliphatic rings. The van der Waals surface area contributed by atoms with Crippen molar-refractivity contribution in [3.63, 3.8) is 0 Å². The number of hydrogen-bond acceptors (Lipinski definition) is 2. The molecule has 2 rings (SSSR count). The van der Waals surface area contributed by atoms with Gasteiger partial charge in [-0.1, -0.05) is 23.8 Å². The summed E-state index contributed by atoms with van der Waals surface area (Å²) in [6, 6.07) is 11.6. The summed E-state index contributed by atoms with van der Waals surface area (Å²) in [5.74, 6) is 0.742. The first kappa shape index (κ1) is 13.8. The van der Waals surface area contributed by atoms with Crippen LogP contribution >= 0.6 is 15.9 Å². The second kappa shape index (κ2) is 6.02. The van der Waals surface area contributed by atoms with Crippen molar-refractivity contribution in [2.75, 3.05) is 0 Å². The van der Waals surface area contributed by atoms with E-state index in [0.29, 0.717) is 12.2 Å². The zero-order valence-corrected chi connectivity index (χ0v) is 12.5. The lowest BCUT2D eigenvalue weighted by molar-refractivity contribution is 0.112. The molecule has 0 saturated heterocycles. The van der Waals surface area contributed by atoms with Gasteiger partial charge in [-0.2, -0.15) is 0 Å². The van der Waals surface area contributed by atoms with Crippen molar-refractivity contribution < 1.29 is 9.53 Å². The van der Waals surface area contributed by atoms with Crippen LogP contribution in [0.25, 0.3) is 0 Å². The average Bonchev–Trinajstić information content (AvgIpc) is 2.40. The van der Waals surface area contributed by atoms with Gasteiger partial charge in [-0.05, 0) is 59.1 Å². The van der Waals surface area contributed by atoms with Crippen molar-refractivity contribution in [2.45, 2.75) is 20.5 Å². The molecule has 2 nitrogen and oxygen atoms in total. The van der Waals surface area contributed by atoms with Crippen molar-refractivity contribution in [2.24, 2.45) is 0 Å². The first-order valence-corrected chi connectivity index (χ1v) is 6.83. The summed E-state index contributed by atoms with van der Waals surface area (Å²) in [7, 11) is 0. The van der Waals surface area contributed by atoms with Crippen LogP contribution in [0.1, 0.15) is 27.0 Å². The van der Waals surface area contributed by atoms with Crippen LogP contribution < -0.4 is 4.74 Å². The molecule has 19 heavy (non-hydrogen) atoms. The Labute approximate surface area is 121 Å². The maximum absolute atomic E-state index is 10.7. The van der Waals surface area contributed by atoms with Crippen LogP contribution in [0.15, 0.2) is 40.9 Å². The van der Waals surface area contributed by atoms with E-state index in [0.717, 1.165) is 16.5 Å². The van der Waals surface area contributed by atoms with E-state index in [2.05, 4.69) is 48.0 Å². The first-order valence-electron chi connectivity index (χ1n) is 6.04. The molecule has 0 saturated carbocycles. The van der Waals surface area contributed by atoms with Gasteiger partial charge in [-0.3, -0.25) is 4.79 Å². The number of halogens is 1. The third-order valence-electron chi connectivity index (χ3n) is 2.98. The molecular weight excluding hydrogens is 304 g/mol. The zero-order chi connectivity index (χ0) is 13.8. The number of carbonyl (C=O) groups excluding carboxylic acids is 1. The molecular formula is C16H15BrO2. The van der Waals surface area contributed by atoms with E-state index >= 15 is 0 Å². The summed E-state index contributed by atoms with van der Waals surface area (Å²) >= 11 is 3.41. The van der Waals surface area contributed by atoms with Gasteiger partial charge in [0.05, 0.1) is 4.47 Å². The Hall–Kier alpha value is -1.61. The van der Waals surface area contributed by atoms with Crippen molar-refractivity contribution >= 4 is 22.2 Å². The molecule has 0 atom stereocenters. The lowest BCUT2D eigenvalue weighted by atomic mass is 10.1. The number of benzene rings is 2. The summed E-state index contributed by atoms with van der Waals surface area (Å²) in [6.07, 6.45) is 0.819. The van der Waals surface area contributed by atoms with Crippen LogP contribution in [-0.4, -0.2) is 6.29 Å². The second-order valence-electron chi connectivity index (χ2n) is 4.53. The minimum atomic E-state index is 0.520. The second-order valence-corrected chi connectivity index (χ2v) is 5.38. The van der Waals surface area contributed by atoms with Gasteiger partial charge in [-0.25, -0.2) is 0 Å². The summed E-state index contributed by atoms with van der Waals surface area (Å²) in [4.78, 5) is 10.7. The molecule has 0 aromatic heterocycles. The van der Waals surface area contributed by atoms with Gasteiger partial charge < -0.3 is 4.74 Å². The molecule has 0 bridgehead atoms. The highest BCUT2D eigenvalue weighted by molar-refractivity contribution is 9.10. The van der Waals surface area contributed by atoms with Crippen molar-refractivity contribution in [3.05, 3.63) is 63.1 Å². The molecule has 3 heteroatoms. The van der Waals surface area contributed by atoms with Crippen molar-refractivity contribution in [1.29, 1.82) is 0 Å². The summed E-state index contributed by atoms with van der Waals surface area (Å²) < 4.78 is 6.59. The molecule has 0 unspecified atom stereocenters. The Kier molecular flexibility index (Phi) is 4.38. The van der Waals surface area contributed by atoms with E-state index in [1.54, 1.807) is 18.2 Å². The largest absolute Gasteiger partial charge is 0.488 e. The Morgan fingerprint density at radius 3 is 2.63 bits per heavy atom. The van der Waals surface area contributed by atoms with E-state index < -0.39 is 0 Å². The molecule has 0 N–H and O–H groups in total. The highest BCUT2D eigenvalue weighted by Crippen LogP contribution is 2.26. The van der Waals surface area contributed by atoms with E-state index in [9.17, 15) is 4.79 Å². The fourth-order valence-electron chi connectivity index (χ4n) is 1.82. The lowest BCUT2D eigenvalue weighted by Gasteiger charge is -2.11. The molecule has 0 heterocycles. The highest BCUT2D eigenvalue weighted by atomic mass is 79.9. The van der Waals surface area contributed by atoms with Crippen molar-refractivity contribution in [3.8, 4) is 5.75 Å². The van der Waals surface area contributed by atoms with Crippen LogP contribution in [-0.2, 0) is 6.61 Å². The highest BCUT2D eigenvalue weighted by Gasteiger charge is 2.04. The summed E-state index contributed by atoms with van der Waals surface area (Å²) in [6.45, 7) is 4.66. The van der Waals surface area contributed by atoms with Crippen LogP contribution in [0.4, 0.5) is 0 Å². The fraction of sp³-hybridized carbons (Fsp3) is 0.188. The summed E-state index contributed by atoms with van der Waals surface area (Å²) in [5, 5.41) is 0. The normalized spacial score (nSPS) is 10.3. The minimum Gasteiger partial charge on any atom is -0.488 e. The number of carbonyl (C=O) groups is 1. The molecule has 98 valence electrons. The van der Waals surface area contributed by atoms with Gasteiger partial charge in [0.1, 0.15) is 18.6 Å². The van der Waals surface area contributed by atoms with Crippen LogP contribution in [0.5, 0.6) is 5.75 Å². The maximum atomic E-state index is 10.7. The summed E-state index contributed by atoms with van der Waals surface area (Å²) in [5.41, 5.74) is 4.24. The van der Waals surface area contributed by atoms with E-state index in [4.69, 9.17) is 4.74 Å². The van der Waals surface area contributed by atoms with E-state index in [1.807, 2.05) is 0 Å². The Balaban J connectivity index is 2.14. The quantitative estimate of drug-likeness (QED) is 0.778. The standard InChI is InChI=1S/C16H15BrO2/c1-11-3-4-12(2)14(7-11)10-19-16-6-5-13(9-18)8-15(16)17/h3-9H,10H2,1-2H3. The van der Waals surface area contributed by atoms with Gasteiger partial charge in [0.15, 0.2) is 0 Å². The van der Waals surface area contributed by atoms with Gasteiger partial charge in [0.2, 0.25) is 0 Å². The fourth-order valence-corrected chi connectivity index (χ4v) is 2.33. The molecule has 0 radical (unpaired) electrons.